The number of aromatic amines is 1. The Morgan fingerprint density at radius 3 is 2.58 bits per heavy atom. The molecule has 0 aliphatic rings. The maximum Gasteiger partial charge on any atom is 0.272 e. The number of carbonyl (C=O) groups excluding carboxylic acids is 1. The lowest BCUT2D eigenvalue weighted by Gasteiger charge is -2.03. The largest absolute Gasteiger partial charge is 0.399 e. The fraction of sp³-hybridized carbons (Fsp3) is 0.0526. The second-order valence-corrected chi connectivity index (χ2v) is 5.90. The van der Waals surface area contributed by atoms with E-state index in [1.54, 1.807) is 30.3 Å². The zero-order valence-electron chi connectivity index (χ0n) is 14.3. The zero-order valence-corrected chi connectivity index (χ0v) is 14.3. The van der Waals surface area contributed by atoms with Crippen molar-refractivity contribution >= 4 is 33.9 Å². The van der Waals surface area contributed by atoms with Crippen molar-refractivity contribution in [2.75, 3.05) is 11.1 Å². The Morgan fingerprint density at radius 2 is 1.88 bits per heavy atom. The molecule has 2 aromatic carbocycles. The van der Waals surface area contributed by atoms with E-state index in [-0.39, 0.29) is 11.7 Å². The average molecular weight is 348 g/mol. The number of amides is 1. The number of H-pyrrole nitrogens is 1. The molecule has 7 N–H and O–H groups in total. The van der Waals surface area contributed by atoms with Gasteiger partial charge >= 0.3 is 0 Å². The fourth-order valence-corrected chi connectivity index (χ4v) is 2.47. The first-order valence-electron chi connectivity index (χ1n) is 7.97. The number of nitrogens with two attached hydrogens (primary N) is 2. The van der Waals surface area contributed by atoms with Crippen molar-refractivity contribution in [2.24, 2.45) is 10.8 Å². The van der Waals surface area contributed by atoms with E-state index in [1.165, 1.54) is 0 Å². The molecule has 1 amide bonds. The van der Waals surface area contributed by atoms with E-state index in [9.17, 15) is 4.79 Å². The van der Waals surface area contributed by atoms with E-state index in [4.69, 9.17) is 11.5 Å². The highest BCUT2D eigenvalue weighted by atomic mass is 16.1. The molecule has 1 heterocycles. The Bertz CT molecular complexity index is 1000. The predicted molar refractivity (Wildman–Crippen MR) is 106 cm³/mol. The van der Waals surface area contributed by atoms with E-state index >= 15 is 0 Å². The van der Waals surface area contributed by atoms with Gasteiger partial charge in [-0.05, 0) is 55.0 Å². The van der Waals surface area contributed by atoms with Crippen LogP contribution in [0.1, 0.15) is 23.0 Å². The van der Waals surface area contributed by atoms with Gasteiger partial charge in [-0.2, -0.15) is 5.10 Å². The van der Waals surface area contributed by atoms with E-state index in [2.05, 4.69) is 27.4 Å². The van der Waals surface area contributed by atoms with Crippen LogP contribution < -0.4 is 22.2 Å². The van der Waals surface area contributed by atoms with Crippen molar-refractivity contribution in [3.8, 4) is 0 Å². The van der Waals surface area contributed by atoms with Crippen LogP contribution in [0.3, 0.4) is 0 Å². The van der Waals surface area contributed by atoms with E-state index in [0.717, 1.165) is 22.2 Å². The van der Waals surface area contributed by atoms with Crippen molar-refractivity contribution < 1.29 is 4.79 Å². The molecule has 7 nitrogen and oxygen atoms in total. The number of benzene rings is 2. The van der Waals surface area contributed by atoms with Crippen LogP contribution in [-0.2, 0) is 0 Å². The number of hydrogen-bond acceptors (Lipinski definition) is 5. The van der Waals surface area contributed by atoms with Crippen LogP contribution in [0, 0.1) is 0 Å². The SMILES string of the molecule is C=C(N)N/N=C(\C)c1ccc2[nH]c(C(=O)Nc3ccc(N)cc3)cc2c1. The van der Waals surface area contributed by atoms with E-state index in [0.29, 0.717) is 17.1 Å². The lowest BCUT2D eigenvalue weighted by atomic mass is 10.1. The van der Waals surface area contributed by atoms with Crippen LogP contribution in [0.2, 0.25) is 0 Å². The summed E-state index contributed by atoms with van der Waals surface area (Å²) in [7, 11) is 0. The van der Waals surface area contributed by atoms with Crippen molar-refractivity contribution in [3.05, 3.63) is 72.2 Å². The molecule has 0 saturated heterocycles. The Kier molecular flexibility index (Phi) is 4.62. The van der Waals surface area contributed by atoms with Gasteiger partial charge in [-0.15, -0.1) is 0 Å². The lowest BCUT2D eigenvalue weighted by molar-refractivity contribution is 0.102. The number of fused-ring (bicyclic) bond motifs is 1. The molecule has 0 unspecified atom stereocenters. The van der Waals surface area contributed by atoms with Crippen molar-refractivity contribution in [2.45, 2.75) is 6.92 Å². The quantitative estimate of drug-likeness (QED) is 0.276. The van der Waals surface area contributed by atoms with Crippen molar-refractivity contribution in [1.29, 1.82) is 0 Å². The topological polar surface area (TPSA) is 121 Å². The van der Waals surface area contributed by atoms with Crippen LogP contribution in [0.5, 0.6) is 0 Å². The maximum atomic E-state index is 12.4. The summed E-state index contributed by atoms with van der Waals surface area (Å²) in [4.78, 5) is 15.6. The number of anilines is 2. The summed E-state index contributed by atoms with van der Waals surface area (Å²) in [5.41, 5.74) is 18.1. The Hall–Kier alpha value is -3.74. The summed E-state index contributed by atoms with van der Waals surface area (Å²) >= 11 is 0. The fourth-order valence-electron chi connectivity index (χ4n) is 2.47. The molecular formula is C19H20N6O. The van der Waals surface area contributed by atoms with Gasteiger partial charge in [0, 0.05) is 22.3 Å². The average Bonchev–Trinajstić information content (AvgIpc) is 3.05. The Labute approximate surface area is 150 Å². The monoisotopic (exact) mass is 348 g/mol. The summed E-state index contributed by atoms with van der Waals surface area (Å²) in [5.74, 6) is 0.0488. The smallest absolute Gasteiger partial charge is 0.272 e. The van der Waals surface area contributed by atoms with Crippen molar-refractivity contribution in [3.63, 3.8) is 0 Å². The molecule has 0 fully saturated rings. The Balaban J connectivity index is 1.82. The number of hydrogen-bond donors (Lipinski definition) is 5. The molecule has 26 heavy (non-hydrogen) atoms. The summed E-state index contributed by atoms with van der Waals surface area (Å²) in [6.07, 6.45) is 0. The molecule has 7 heteroatoms. The lowest BCUT2D eigenvalue weighted by Crippen LogP contribution is -2.14. The normalized spacial score (nSPS) is 11.3. The molecule has 1 aromatic heterocycles. The second-order valence-electron chi connectivity index (χ2n) is 5.90. The number of aromatic nitrogens is 1. The van der Waals surface area contributed by atoms with Gasteiger partial charge in [-0.1, -0.05) is 12.6 Å². The molecule has 0 bridgehead atoms. The third-order valence-electron chi connectivity index (χ3n) is 3.82. The first-order valence-corrected chi connectivity index (χ1v) is 7.97. The maximum absolute atomic E-state index is 12.4. The van der Waals surface area contributed by atoms with Crippen molar-refractivity contribution in [1.82, 2.24) is 10.4 Å². The molecule has 0 spiro atoms. The van der Waals surface area contributed by atoms with Gasteiger partial charge < -0.3 is 21.8 Å². The third-order valence-corrected chi connectivity index (χ3v) is 3.82. The van der Waals surface area contributed by atoms with Gasteiger partial charge in [0.15, 0.2) is 0 Å². The predicted octanol–water partition coefficient (Wildman–Crippen LogP) is 2.75. The molecule has 0 atom stereocenters. The van der Waals surface area contributed by atoms with E-state index in [1.807, 2.05) is 25.1 Å². The molecule has 0 aliphatic heterocycles. The molecule has 3 rings (SSSR count). The number of nitrogens with zero attached hydrogens (tertiary/aromatic N) is 1. The molecule has 3 aromatic rings. The standard InChI is InChI=1S/C19H20N6O/c1-11(24-25-12(2)20)13-3-8-17-14(9-13)10-18(23-17)19(26)22-16-6-4-15(21)5-7-16/h3-10,23,25H,2,20-21H2,1H3,(H,22,26)/b24-11+. The molecule has 0 saturated carbocycles. The highest BCUT2D eigenvalue weighted by Gasteiger charge is 2.11. The van der Waals surface area contributed by atoms with Gasteiger partial charge in [0.25, 0.3) is 5.91 Å². The Morgan fingerprint density at radius 1 is 1.15 bits per heavy atom. The van der Waals surface area contributed by atoms with Crippen LogP contribution in [0.25, 0.3) is 10.9 Å². The minimum absolute atomic E-state index is 0.223. The zero-order chi connectivity index (χ0) is 18.7. The molecule has 0 aliphatic carbocycles. The van der Waals surface area contributed by atoms with Gasteiger partial charge in [-0.25, -0.2) is 0 Å². The van der Waals surface area contributed by atoms with Crippen LogP contribution >= 0.6 is 0 Å². The molecular weight excluding hydrogens is 328 g/mol. The first-order chi connectivity index (χ1) is 12.4. The van der Waals surface area contributed by atoms with Crippen LogP contribution in [0.4, 0.5) is 11.4 Å². The highest BCUT2D eigenvalue weighted by molar-refractivity contribution is 6.07. The first kappa shape index (κ1) is 17.1. The number of nitrogens with one attached hydrogen (secondary N) is 3. The minimum atomic E-state index is -0.223. The number of carbonyl (C=O) groups is 1. The molecule has 0 radical (unpaired) electrons. The summed E-state index contributed by atoms with van der Waals surface area (Å²) in [6.45, 7) is 5.40. The summed E-state index contributed by atoms with van der Waals surface area (Å²) < 4.78 is 0. The molecule has 132 valence electrons. The highest BCUT2D eigenvalue weighted by Crippen LogP contribution is 2.19. The number of hydrazone groups is 1. The minimum Gasteiger partial charge on any atom is -0.399 e. The third kappa shape index (κ3) is 3.84. The van der Waals surface area contributed by atoms with Gasteiger partial charge in [-0.3, -0.25) is 10.2 Å². The van der Waals surface area contributed by atoms with E-state index < -0.39 is 0 Å². The van der Waals surface area contributed by atoms with Gasteiger partial charge in [0.1, 0.15) is 11.5 Å². The number of rotatable bonds is 5. The van der Waals surface area contributed by atoms with Gasteiger partial charge in [0.2, 0.25) is 0 Å². The van der Waals surface area contributed by atoms with Crippen LogP contribution in [0.15, 0.2) is 66.0 Å². The number of nitrogen functional groups attached to an aromatic ring is 1. The second kappa shape index (κ2) is 7.02. The van der Waals surface area contributed by atoms with Gasteiger partial charge in [0.05, 0.1) is 5.71 Å². The van der Waals surface area contributed by atoms with Crippen LogP contribution in [-0.4, -0.2) is 16.6 Å². The summed E-state index contributed by atoms with van der Waals surface area (Å²) in [6, 6.07) is 14.6. The summed E-state index contributed by atoms with van der Waals surface area (Å²) in [5, 5.41) is 7.89.